The summed E-state index contributed by atoms with van der Waals surface area (Å²) in [6.07, 6.45) is 5.51. The number of thioether (sulfide) groups is 1. The molecule has 0 radical (unpaired) electrons. The van der Waals surface area contributed by atoms with Crippen LogP contribution in [0.5, 0.6) is 0 Å². The second-order valence-corrected chi connectivity index (χ2v) is 10.1. The molecule has 1 amide bonds. The number of hydrogen-bond acceptors (Lipinski definition) is 7. The van der Waals surface area contributed by atoms with Crippen LogP contribution in [0.3, 0.4) is 0 Å². The SMILES string of the molecule is N#Cc1cc2c(nc1SCC(=O)Nc1ccc(S(=O)(=O)Nc3ccccn3)cc1)CCCC2. The Morgan fingerprint density at radius 2 is 1.91 bits per heavy atom. The van der Waals surface area contributed by atoms with E-state index in [1.54, 1.807) is 18.2 Å². The minimum Gasteiger partial charge on any atom is -0.325 e. The zero-order chi connectivity index (χ0) is 23.3. The standard InChI is InChI=1S/C23H21N5O3S2/c24-14-17-13-16-5-1-2-6-20(16)27-23(17)32-15-22(29)26-18-8-10-19(11-9-18)33(30,31)28-21-7-3-4-12-25-21/h3-4,7-13H,1-2,5-6,15H2,(H,25,28)(H,26,29). The first kappa shape index (κ1) is 22.8. The third-order valence-corrected chi connectivity index (χ3v) is 7.44. The van der Waals surface area contributed by atoms with Gasteiger partial charge in [0, 0.05) is 17.6 Å². The van der Waals surface area contributed by atoms with Crippen LogP contribution in [0.2, 0.25) is 0 Å². The maximum absolute atomic E-state index is 12.5. The van der Waals surface area contributed by atoms with Gasteiger partial charge in [0.2, 0.25) is 5.91 Å². The number of pyridine rings is 2. The van der Waals surface area contributed by atoms with Crippen molar-refractivity contribution < 1.29 is 13.2 Å². The van der Waals surface area contributed by atoms with E-state index in [0.29, 0.717) is 16.3 Å². The molecule has 33 heavy (non-hydrogen) atoms. The van der Waals surface area contributed by atoms with Gasteiger partial charge in [-0.15, -0.1) is 0 Å². The zero-order valence-electron chi connectivity index (χ0n) is 17.6. The van der Waals surface area contributed by atoms with E-state index in [1.165, 1.54) is 42.2 Å². The predicted molar refractivity (Wildman–Crippen MR) is 126 cm³/mol. The molecule has 8 nitrogen and oxygen atoms in total. The van der Waals surface area contributed by atoms with E-state index in [1.807, 2.05) is 6.07 Å². The molecule has 0 saturated carbocycles. The molecule has 10 heteroatoms. The van der Waals surface area contributed by atoms with E-state index in [9.17, 15) is 18.5 Å². The number of hydrogen-bond donors (Lipinski definition) is 2. The van der Waals surface area contributed by atoms with Crippen LogP contribution in [0.4, 0.5) is 11.5 Å². The number of fused-ring (bicyclic) bond motifs is 1. The molecule has 0 atom stereocenters. The third kappa shape index (κ3) is 5.69. The van der Waals surface area contributed by atoms with Gasteiger partial charge in [0.1, 0.15) is 16.9 Å². The smallest absolute Gasteiger partial charge is 0.263 e. The van der Waals surface area contributed by atoms with Gasteiger partial charge in [-0.3, -0.25) is 9.52 Å². The molecule has 0 aliphatic heterocycles. The highest BCUT2D eigenvalue weighted by Crippen LogP contribution is 2.27. The van der Waals surface area contributed by atoms with Gasteiger partial charge in [-0.1, -0.05) is 17.8 Å². The van der Waals surface area contributed by atoms with Crippen LogP contribution >= 0.6 is 11.8 Å². The zero-order valence-corrected chi connectivity index (χ0v) is 19.2. The Morgan fingerprint density at radius 1 is 1.12 bits per heavy atom. The quantitative estimate of drug-likeness (QED) is 0.494. The van der Waals surface area contributed by atoms with E-state index in [0.717, 1.165) is 36.9 Å². The number of carbonyl (C=O) groups is 1. The van der Waals surface area contributed by atoms with Gasteiger partial charge in [0.05, 0.1) is 16.2 Å². The Labute approximate surface area is 196 Å². The van der Waals surface area contributed by atoms with Crippen molar-refractivity contribution in [1.29, 1.82) is 5.26 Å². The highest BCUT2D eigenvalue weighted by Gasteiger charge is 2.17. The second kappa shape index (κ2) is 10.0. The van der Waals surface area contributed by atoms with Gasteiger partial charge in [0.25, 0.3) is 10.0 Å². The van der Waals surface area contributed by atoms with Crippen LogP contribution in [0, 0.1) is 11.3 Å². The molecule has 1 aliphatic carbocycles. The number of aryl methyl sites for hydroxylation is 2. The van der Waals surface area contributed by atoms with Gasteiger partial charge in [-0.05, 0) is 73.7 Å². The average molecular weight is 480 g/mol. The Bertz CT molecular complexity index is 1300. The molecule has 0 fully saturated rings. The molecule has 1 aromatic carbocycles. The number of benzene rings is 1. The second-order valence-electron chi connectivity index (χ2n) is 7.45. The van der Waals surface area contributed by atoms with Crippen molar-refractivity contribution in [3.05, 3.63) is 71.5 Å². The molecule has 2 N–H and O–H groups in total. The molecule has 4 rings (SSSR count). The maximum Gasteiger partial charge on any atom is 0.263 e. The summed E-state index contributed by atoms with van der Waals surface area (Å²) >= 11 is 1.22. The molecule has 3 aromatic rings. The summed E-state index contributed by atoms with van der Waals surface area (Å²) in [7, 11) is -3.79. The predicted octanol–water partition coefficient (Wildman–Crippen LogP) is 3.76. The number of nitrogens with one attached hydrogen (secondary N) is 2. The lowest BCUT2D eigenvalue weighted by atomic mass is 9.95. The van der Waals surface area contributed by atoms with Crippen molar-refractivity contribution in [3.8, 4) is 6.07 Å². The van der Waals surface area contributed by atoms with Crippen LogP contribution in [-0.4, -0.2) is 30.0 Å². The third-order valence-electron chi connectivity index (χ3n) is 5.08. The van der Waals surface area contributed by atoms with Gasteiger partial charge in [-0.2, -0.15) is 5.26 Å². The Morgan fingerprint density at radius 3 is 2.64 bits per heavy atom. The summed E-state index contributed by atoms with van der Waals surface area (Å²) < 4.78 is 27.4. The highest BCUT2D eigenvalue weighted by molar-refractivity contribution is 8.00. The lowest BCUT2D eigenvalue weighted by Gasteiger charge is -2.16. The van der Waals surface area contributed by atoms with Crippen LogP contribution < -0.4 is 10.0 Å². The molecule has 0 bridgehead atoms. The summed E-state index contributed by atoms with van der Waals surface area (Å²) in [5.41, 5.74) is 3.10. The monoisotopic (exact) mass is 479 g/mol. The summed E-state index contributed by atoms with van der Waals surface area (Å²) in [5, 5.41) is 12.8. The topological polar surface area (TPSA) is 125 Å². The molecule has 0 saturated heterocycles. The van der Waals surface area contributed by atoms with Crippen molar-refractivity contribution >= 4 is 39.2 Å². The van der Waals surface area contributed by atoms with Crippen molar-refractivity contribution in [2.24, 2.45) is 0 Å². The fourth-order valence-corrected chi connectivity index (χ4v) is 5.26. The summed E-state index contributed by atoms with van der Waals surface area (Å²) in [5.74, 6) is 0.0342. The Hall–Kier alpha value is -3.42. The van der Waals surface area contributed by atoms with Crippen molar-refractivity contribution in [2.45, 2.75) is 35.6 Å². The lowest BCUT2D eigenvalue weighted by molar-refractivity contribution is -0.113. The lowest BCUT2D eigenvalue weighted by Crippen LogP contribution is -2.16. The summed E-state index contributed by atoms with van der Waals surface area (Å²) in [4.78, 5) is 21.0. The summed E-state index contributed by atoms with van der Waals surface area (Å²) in [6.45, 7) is 0. The van der Waals surface area contributed by atoms with E-state index in [2.05, 4.69) is 26.1 Å². The van der Waals surface area contributed by atoms with E-state index >= 15 is 0 Å². The van der Waals surface area contributed by atoms with Crippen LogP contribution in [0.1, 0.15) is 29.7 Å². The highest BCUT2D eigenvalue weighted by atomic mass is 32.2. The van der Waals surface area contributed by atoms with Crippen LogP contribution in [0.15, 0.2) is 64.6 Å². The van der Waals surface area contributed by atoms with Gasteiger partial charge < -0.3 is 5.32 Å². The first-order valence-corrected chi connectivity index (χ1v) is 12.8. The Balaban J connectivity index is 1.37. The van der Waals surface area contributed by atoms with Crippen molar-refractivity contribution in [2.75, 3.05) is 15.8 Å². The molecule has 168 valence electrons. The van der Waals surface area contributed by atoms with E-state index in [4.69, 9.17) is 0 Å². The number of carbonyl (C=O) groups excluding carboxylic acids is 1. The number of aromatic nitrogens is 2. The number of nitrogens with zero attached hydrogens (tertiary/aromatic N) is 3. The molecule has 1 aliphatic rings. The number of amides is 1. The maximum atomic E-state index is 12.5. The number of rotatable bonds is 7. The van der Waals surface area contributed by atoms with Crippen molar-refractivity contribution in [3.63, 3.8) is 0 Å². The number of sulfonamides is 1. The number of nitriles is 1. The first-order chi connectivity index (χ1) is 15.9. The first-order valence-electron chi connectivity index (χ1n) is 10.3. The molecule has 2 heterocycles. The van der Waals surface area contributed by atoms with Crippen LogP contribution in [0.25, 0.3) is 0 Å². The van der Waals surface area contributed by atoms with Gasteiger partial charge in [0.15, 0.2) is 0 Å². The minimum absolute atomic E-state index is 0.0532. The van der Waals surface area contributed by atoms with Gasteiger partial charge in [-0.25, -0.2) is 18.4 Å². The normalized spacial score (nSPS) is 12.9. The van der Waals surface area contributed by atoms with Crippen molar-refractivity contribution in [1.82, 2.24) is 9.97 Å². The molecule has 0 unspecified atom stereocenters. The Kier molecular flexibility index (Phi) is 6.91. The largest absolute Gasteiger partial charge is 0.325 e. The van der Waals surface area contributed by atoms with Gasteiger partial charge >= 0.3 is 0 Å². The van der Waals surface area contributed by atoms with E-state index < -0.39 is 10.0 Å². The molecule has 0 spiro atoms. The van der Waals surface area contributed by atoms with Crippen LogP contribution in [-0.2, 0) is 27.7 Å². The number of anilines is 2. The molecular weight excluding hydrogens is 458 g/mol. The summed E-state index contributed by atoms with van der Waals surface area (Å²) in [6, 6.07) is 14.9. The fraction of sp³-hybridized carbons (Fsp3) is 0.217. The minimum atomic E-state index is -3.79. The fourth-order valence-electron chi connectivity index (χ4n) is 3.47. The molecular formula is C23H21N5O3S2. The average Bonchev–Trinajstić information content (AvgIpc) is 2.83. The van der Waals surface area contributed by atoms with E-state index in [-0.39, 0.29) is 22.4 Å². The molecule has 2 aromatic heterocycles.